The summed E-state index contributed by atoms with van der Waals surface area (Å²) in [6, 6.07) is 9.30. The number of hydrogen-bond acceptors (Lipinski definition) is 2. The minimum atomic E-state index is -0.810. The predicted molar refractivity (Wildman–Crippen MR) is 71.8 cm³/mol. The Hall–Kier alpha value is -1.84. The van der Waals surface area contributed by atoms with E-state index in [4.69, 9.17) is 5.11 Å². The predicted octanol–water partition coefficient (Wildman–Crippen LogP) is 2.16. The summed E-state index contributed by atoms with van der Waals surface area (Å²) in [5.74, 6) is -1.59. The maximum Gasteiger partial charge on any atom is 0.308 e. The summed E-state index contributed by atoms with van der Waals surface area (Å²) in [5, 5.41) is 12.0. The molecule has 0 bridgehead atoms. The molecule has 0 unspecified atom stereocenters. The van der Waals surface area contributed by atoms with Crippen LogP contribution in [0, 0.1) is 5.92 Å². The summed E-state index contributed by atoms with van der Waals surface area (Å²) in [6.07, 6.45) is 2.27. The first-order valence-electron chi connectivity index (χ1n) is 6.67. The van der Waals surface area contributed by atoms with E-state index in [0.29, 0.717) is 6.42 Å². The number of hydrogen-bond donors (Lipinski definition) is 2. The van der Waals surface area contributed by atoms with Gasteiger partial charge in [0.15, 0.2) is 0 Å². The van der Waals surface area contributed by atoms with Crippen molar-refractivity contribution in [3.05, 3.63) is 35.9 Å². The number of aliphatic carboxylic acids is 1. The van der Waals surface area contributed by atoms with Crippen molar-refractivity contribution < 1.29 is 14.7 Å². The molecular formula is C15H19NO3. The van der Waals surface area contributed by atoms with Crippen LogP contribution in [0.5, 0.6) is 0 Å². The molecule has 1 aliphatic carbocycles. The summed E-state index contributed by atoms with van der Waals surface area (Å²) in [6.45, 7) is 1.84. The highest BCUT2D eigenvalue weighted by Crippen LogP contribution is 2.26. The number of carboxylic acid groups (broad SMARTS) is 1. The fourth-order valence-corrected chi connectivity index (χ4v) is 2.63. The van der Waals surface area contributed by atoms with Crippen LogP contribution in [0.1, 0.15) is 37.7 Å². The zero-order valence-electron chi connectivity index (χ0n) is 11.0. The van der Waals surface area contributed by atoms with Crippen molar-refractivity contribution in [2.45, 2.75) is 38.1 Å². The topological polar surface area (TPSA) is 66.4 Å². The van der Waals surface area contributed by atoms with E-state index in [9.17, 15) is 9.59 Å². The molecule has 1 aliphatic rings. The number of rotatable bonds is 4. The quantitative estimate of drug-likeness (QED) is 0.872. The van der Waals surface area contributed by atoms with E-state index >= 15 is 0 Å². The minimum Gasteiger partial charge on any atom is -0.481 e. The maximum absolute atomic E-state index is 12.2. The Morgan fingerprint density at radius 3 is 2.58 bits per heavy atom. The molecule has 0 aromatic heterocycles. The molecule has 0 saturated heterocycles. The molecule has 0 heterocycles. The Kier molecular flexibility index (Phi) is 4.20. The highest BCUT2D eigenvalue weighted by molar-refractivity contribution is 5.84. The van der Waals surface area contributed by atoms with E-state index in [1.54, 1.807) is 0 Å². The van der Waals surface area contributed by atoms with Gasteiger partial charge in [-0.25, -0.2) is 0 Å². The maximum atomic E-state index is 12.2. The van der Waals surface area contributed by atoms with Gasteiger partial charge in [-0.3, -0.25) is 9.59 Å². The molecular weight excluding hydrogens is 242 g/mol. The molecule has 1 saturated carbocycles. The van der Waals surface area contributed by atoms with Crippen LogP contribution in [0.3, 0.4) is 0 Å². The lowest BCUT2D eigenvalue weighted by molar-refractivity contribution is -0.142. The summed E-state index contributed by atoms with van der Waals surface area (Å²) < 4.78 is 0. The number of amides is 1. The second-order valence-electron chi connectivity index (χ2n) is 5.12. The van der Waals surface area contributed by atoms with Gasteiger partial charge in [0.2, 0.25) is 5.91 Å². The molecule has 2 N–H and O–H groups in total. The molecule has 19 heavy (non-hydrogen) atoms. The first-order chi connectivity index (χ1) is 9.09. The smallest absolute Gasteiger partial charge is 0.308 e. The van der Waals surface area contributed by atoms with Crippen molar-refractivity contribution in [3.63, 3.8) is 0 Å². The van der Waals surface area contributed by atoms with Gasteiger partial charge >= 0.3 is 5.97 Å². The molecule has 0 radical (unpaired) electrons. The second-order valence-corrected chi connectivity index (χ2v) is 5.12. The van der Waals surface area contributed by atoms with E-state index in [2.05, 4.69) is 5.32 Å². The standard InChI is InChI=1S/C15H19NO3/c1-10(11-6-3-2-4-7-11)14(17)16-13-9-5-8-12(13)15(18)19/h2-4,6-7,10,12-13H,5,8-9H2,1H3,(H,16,17)(H,18,19)/t10-,12-,13+/m0/s1. The van der Waals surface area contributed by atoms with Gasteiger partial charge in [-0.1, -0.05) is 36.8 Å². The van der Waals surface area contributed by atoms with E-state index < -0.39 is 11.9 Å². The van der Waals surface area contributed by atoms with Crippen LogP contribution in [0.15, 0.2) is 30.3 Å². The molecule has 1 fully saturated rings. The van der Waals surface area contributed by atoms with Gasteiger partial charge < -0.3 is 10.4 Å². The van der Waals surface area contributed by atoms with E-state index in [-0.39, 0.29) is 17.9 Å². The van der Waals surface area contributed by atoms with Gasteiger partial charge in [-0.2, -0.15) is 0 Å². The van der Waals surface area contributed by atoms with Crippen molar-refractivity contribution in [3.8, 4) is 0 Å². The van der Waals surface area contributed by atoms with Crippen LogP contribution < -0.4 is 5.32 Å². The van der Waals surface area contributed by atoms with Crippen molar-refractivity contribution in [1.82, 2.24) is 5.32 Å². The van der Waals surface area contributed by atoms with Crippen molar-refractivity contribution >= 4 is 11.9 Å². The monoisotopic (exact) mass is 261 g/mol. The third-order valence-electron chi connectivity index (χ3n) is 3.85. The molecule has 2 rings (SSSR count). The Morgan fingerprint density at radius 2 is 1.95 bits per heavy atom. The SMILES string of the molecule is C[C@H](C(=O)N[C@@H]1CCC[C@@H]1C(=O)O)c1ccccc1. The van der Waals surface area contributed by atoms with Crippen molar-refractivity contribution in [2.24, 2.45) is 5.92 Å². The average Bonchev–Trinajstić information content (AvgIpc) is 2.87. The molecule has 0 spiro atoms. The normalized spacial score (nSPS) is 23.8. The molecule has 4 nitrogen and oxygen atoms in total. The average molecular weight is 261 g/mol. The number of carbonyl (C=O) groups excluding carboxylic acids is 1. The van der Waals surface area contributed by atoms with Gasteiger partial charge in [0, 0.05) is 6.04 Å². The summed E-state index contributed by atoms with van der Waals surface area (Å²) in [5.41, 5.74) is 0.949. The zero-order chi connectivity index (χ0) is 13.8. The van der Waals surface area contributed by atoms with E-state index in [1.165, 1.54) is 0 Å². The Balaban J connectivity index is 1.99. The molecule has 102 valence electrons. The third kappa shape index (κ3) is 3.13. The Labute approximate surface area is 112 Å². The van der Waals surface area contributed by atoms with E-state index in [0.717, 1.165) is 18.4 Å². The van der Waals surface area contributed by atoms with Gasteiger partial charge in [0.05, 0.1) is 11.8 Å². The largest absolute Gasteiger partial charge is 0.481 e. The Bertz CT molecular complexity index is 458. The van der Waals surface area contributed by atoms with Crippen LogP contribution >= 0.6 is 0 Å². The van der Waals surface area contributed by atoms with Gasteiger partial charge in [0.25, 0.3) is 0 Å². The first kappa shape index (κ1) is 13.6. The second kappa shape index (κ2) is 5.87. The summed E-state index contributed by atoms with van der Waals surface area (Å²) >= 11 is 0. The number of benzene rings is 1. The molecule has 1 aromatic rings. The van der Waals surface area contributed by atoms with Gasteiger partial charge in [-0.05, 0) is 25.3 Å². The summed E-state index contributed by atoms with van der Waals surface area (Å²) in [7, 11) is 0. The number of carboxylic acids is 1. The number of nitrogens with one attached hydrogen (secondary N) is 1. The lowest BCUT2D eigenvalue weighted by atomic mass is 9.98. The highest BCUT2D eigenvalue weighted by Gasteiger charge is 2.34. The van der Waals surface area contributed by atoms with Crippen LogP contribution in [0.25, 0.3) is 0 Å². The third-order valence-corrected chi connectivity index (χ3v) is 3.85. The molecule has 3 atom stereocenters. The van der Waals surface area contributed by atoms with Crippen LogP contribution in [0.4, 0.5) is 0 Å². The first-order valence-corrected chi connectivity index (χ1v) is 6.67. The summed E-state index contributed by atoms with van der Waals surface area (Å²) in [4.78, 5) is 23.2. The van der Waals surface area contributed by atoms with Gasteiger partial charge in [-0.15, -0.1) is 0 Å². The molecule has 0 aliphatic heterocycles. The van der Waals surface area contributed by atoms with E-state index in [1.807, 2.05) is 37.3 Å². The molecule has 4 heteroatoms. The lowest BCUT2D eigenvalue weighted by Crippen LogP contribution is -2.41. The fraction of sp³-hybridized carbons (Fsp3) is 0.467. The highest BCUT2D eigenvalue weighted by atomic mass is 16.4. The van der Waals surface area contributed by atoms with Crippen molar-refractivity contribution in [1.29, 1.82) is 0 Å². The van der Waals surface area contributed by atoms with Crippen molar-refractivity contribution in [2.75, 3.05) is 0 Å². The van der Waals surface area contributed by atoms with Gasteiger partial charge in [0.1, 0.15) is 0 Å². The number of carbonyl (C=O) groups is 2. The zero-order valence-corrected chi connectivity index (χ0v) is 11.0. The van der Waals surface area contributed by atoms with Crippen LogP contribution in [0.2, 0.25) is 0 Å². The molecule has 1 aromatic carbocycles. The lowest BCUT2D eigenvalue weighted by Gasteiger charge is -2.20. The minimum absolute atomic E-state index is 0.0932. The molecule has 1 amide bonds. The Morgan fingerprint density at radius 1 is 1.26 bits per heavy atom. The van der Waals surface area contributed by atoms with Crippen LogP contribution in [-0.2, 0) is 9.59 Å². The fourth-order valence-electron chi connectivity index (χ4n) is 2.63. The van der Waals surface area contributed by atoms with Crippen LogP contribution in [-0.4, -0.2) is 23.0 Å².